The second-order valence-electron chi connectivity index (χ2n) is 10.4. The largest absolute Gasteiger partial charge is 0.495 e. The van der Waals surface area contributed by atoms with E-state index in [1.54, 1.807) is 24.3 Å². The number of carbonyl (C=O) groups excluding carboxylic acids is 1. The zero-order chi connectivity index (χ0) is 31.2. The molecule has 2 heterocycles. The molecule has 4 rings (SSSR count). The van der Waals surface area contributed by atoms with Gasteiger partial charge < -0.3 is 24.7 Å². The fraction of sp³-hybridized carbons (Fsp3) is 0.433. The number of nitrogens with one attached hydrogen (secondary N) is 2. The summed E-state index contributed by atoms with van der Waals surface area (Å²) < 4.78 is 75.9. The quantitative estimate of drug-likeness (QED) is 0.252. The van der Waals surface area contributed by atoms with E-state index in [0.29, 0.717) is 35.5 Å². The van der Waals surface area contributed by atoms with Crippen molar-refractivity contribution in [2.24, 2.45) is 0 Å². The number of carbonyl (C=O) groups is 1. The number of hydrogen-bond donors (Lipinski definition) is 2. The molecule has 2 aromatic carbocycles. The van der Waals surface area contributed by atoms with Crippen molar-refractivity contribution in [2.45, 2.75) is 43.4 Å². The van der Waals surface area contributed by atoms with Crippen LogP contribution in [0, 0.1) is 11.8 Å². The number of halogens is 3. The SMILES string of the molecule is COc1cc(S(C)(=O)=O)ccc1NCC#Cc1cc2c(NC3CCN(CCOC(C)=O)CC3)cccc2n1CC(F)(F)F. The van der Waals surface area contributed by atoms with Crippen LogP contribution in [-0.2, 0) is 25.9 Å². The van der Waals surface area contributed by atoms with Crippen molar-refractivity contribution in [3.05, 3.63) is 48.2 Å². The summed E-state index contributed by atoms with van der Waals surface area (Å²) in [5.74, 6) is 5.76. The Hall–Kier alpha value is -3.89. The highest BCUT2D eigenvalue weighted by Gasteiger charge is 2.30. The number of sulfone groups is 1. The number of piperidine rings is 1. The third-order valence-electron chi connectivity index (χ3n) is 7.13. The minimum absolute atomic E-state index is 0.0866. The summed E-state index contributed by atoms with van der Waals surface area (Å²) >= 11 is 0. The van der Waals surface area contributed by atoms with Crippen LogP contribution in [0.15, 0.2) is 47.4 Å². The number of hydrogen-bond acceptors (Lipinski definition) is 8. The van der Waals surface area contributed by atoms with Gasteiger partial charge in [-0.1, -0.05) is 12.0 Å². The van der Waals surface area contributed by atoms with E-state index in [4.69, 9.17) is 9.47 Å². The zero-order valence-corrected chi connectivity index (χ0v) is 25.1. The van der Waals surface area contributed by atoms with Crippen LogP contribution in [0.5, 0.6) is 5.75 Å². The molecule has 1 saturated heterocycles. The molecule has 0 aliphatic carbocycles. The van der Waals surface area contributed by atoms with Crippen molar-refractivity contribution < 1.29 is 35.9 Å². The third-order valence-corrected chi connectivity index (χ3v) is 8.24. The Morgan fingerprint density at radius 2 is 1.86 bits per heavy atom. The number of esters is 1. The summed E-state index contributed by atoms with van der Waals surface area (Å²) in [6.45, 7) is 2.93. The molecule has 3 aromatic rings. The number of benzene rings is 2. The van der Waals surface area contributed by atoms with Crippen LogP contribution in [0.2, 0.25) is 0 Å². The summed E-state index contributed by atoms with van der Waals surface area (Å²) in [4.78, 5) is 13.3. The molecule has 2 N–H and O–H groups in total. The Morgan fingerprint density at radius 1 is 1.12 bits per heavy atom. The topological polar surface area (TPSA) is 102 Å². The van der Waals surface area contributed by atoms with Gasteiger partial charge in [0.25, 0.3) is 0 Å². The third kappa shape index (κ3) is 8.81. The van der Waals surface area contributed by atoms with Gasteiger partial charge in [0.05, 0.1) is 35.4 Å². The standard InChI is InChI=1S/C30H35F3N4O5S/c1-21(38)42-17-16-36-14-11-22(12-15-36)35-26-7-4-8-28-25(26)18-23(37(28)20-30(31,32)33)6-5-13-34-27-10-9-24(43(3,39)40)19-29(27)41-2/h4,7-10,18-19,22,34-35H,11-17,20H2,1-3H3. The number of anilines is 2. The maximum absolute atomic E-state index is 13.6. The molecule has 0 spiro atoms. The van der Waals surface area contributed by atoms with Crippen molar-refractivity contribution >= 4 is 38.1 Å². The van der Waals surface area contributed by atoms with E-state index in [0.717, 1.165) is 37.9 Å². The first kappa shape index (κ1) is 32.0. The van der Waals surface area contributed by atoms with Crippen molar-refractivity contribution in [3.63, 3.8) is 0 Å². The van der Waals surface area contributed by atoms with Crippen molar-refractivity contribution in [2.75, 3.05) is 56.8 Å². The maximum Gasteiger partial charge on any atom is 0.406 e. The number of methoxy groups -OCH3 is 1. The highest BCUT2D eigenvalue weighted by molar-refractivity contribution is 7.90. The Morgan fingerprint density at radius 3 is 2.51 bits per heavy atom. The van der Waals surface area contributed by atoms with Gasteiger partial charge in [-0.15, -0.1) is 0 Å². The lowest BCUT2D eigenvalue weighted by Crippen LogP contribution is -2.40. The number of rotatable bonds is 10. The molecule has 0 saturated carbocycles. The molecule has 0 atom stereocenters. The van der Waals surface area contributed by atoms with Crippen molar-refractivity contribution in [1.82, 2.24) is 9.47 Å². The summed E-state index contributed by atoms with van der Waals surface area (Å²) in [5.41, 5.74) is 1.90. The van der Waals surface area contributed by atoms with Gasteiger partial charge in [-0.3, -0.25) is 9.69 Å². The molecular formula is C30H35F3N4O5S. The van der Waals surface area contributed by atoms with Crippen LogP contribution in [-0.4, -0.2) is 82.2 Å². The maximum atomic E-state index is 13.6. The second kappa shape index (κ2) is 13.6. The predicted octanol–water partition coefficient (Wildman–Crippen LogP) is 4.52. The summed E-state index contributed by atoms with van der Waals surface area (Å²) in [5, 5.41) is 7.20. The molecule has 1 aliphatic rings. The number of ether oxygens (including phenoxy) is 2. The average molecular weight is 621 g/mol. The molecule has 0 unspecified atom stereocenters. The van der Waals surface area contributed by atoms with E-state index in [2.05, 4.69) is 27.4 Å². The monoisotopic (exact) mass is 620 g/mol. The lowest BCUT2D eigenvalue weighted by atomic mass is 10.0. The fourth-order valence-corrected chi connectivity index (χ4v) is 5.66. The van der Waals surface area contributed by atoms with Gasteiger partial charge in [0.2, 0.25) is 0 Å². The van der Waals surface area contributed by atoms with E-state index in [1.807, 2.05) is 6.07 Å². The lowest BCUT2D eigenvalue weighted by Gasteiger charge is -2.32. The van der Waals surface area contributed by atoms with E-state index in [9.17, 15) is 26.4 Å². The van der Waals surface area contributed by atoms with Gasteiger partial charge in [-0.25, -0.2) is 8.42 Å². The summed E-state index contributed by atoms with van der Waals surface area (Å²) in [6.07, 6.45) is -1.67. The van der Waals surface area contributed by atoms with Gasteiger partial charge in [-0.05, 0) is 49.1 Å². The molecular weight excluding hydrogens is 585 g/mol. The van der Waals surface area contributed by atoms with Gasteiger partial charge in [0.1, 0.15) is 18.9 Å². The Bertz CT molecular complexity index is 1620. The molecule has 0 amide bonds. The molecule has 1 aliphatic heterocycles. The summed E-state index contributed by atoms with van der Waals surface area (Å²) in [7, 11) is -2.01. The van der Waals surface area contributed by atoms with Gasteiger partial charge in [0.15, 0.2) is 9.84 Å². The first-order valence-corrected chi connectivity index (χ1v) is 15.7. The Labute approximate surface area is 249 Å². The predicted molar refractivity (Wildman–Crippen MR) is 159 cm³/mol. The number of aromatic nitrogens is 1. The fourth-order valence-electron chi connectivity index (χ4n) is 5.03. The molecule has 0 bridgehead atoms. The second-order valence-corrected chi connectivity index (χ2v) is 12.4. The lowest BCUT2D eigenvalue weighted by molar-refractivity contribution is -0.141. The molecule has 1 aromatic heterocycles. The van der Waals surface area contributed by atoms with Crippen LogP contribution in [0.4, 0.5) is 24.5 Å². The smallest absolute Gasteiger partial charge is 0.406 e. The first-order chi connectivity index (χ1) is 20.3. The molecule has 43 heavy (non-hydrogen) atoms. The van der Waals surface area contributed by atoms with E-state index in [-0.39, 0.29) is 29.1 Å². The van der Waals surface area contributed by atoms with Gasteiger partial charge in [0, 0.05) is 56.0 Å². The number of alkyl halides is 3. The molecule has 0 radical (unpaired) electrons. The van der Waals surface area contributed by atoms with E-state index >= 15 is 0 Å². The zero-order valence-electron chi connectivity index (χ0n) is 24.3. The number of nitrogens with zero attached hydrogens (tertiary/aromatic N) is 2. The summed E-state index contributed by atoms with van der Waals surface area (Å²) in [6, 6.07) is 11.5. The first-order valence-electron chi connectivity index (χ1n) is 13.8. The highest BCUT2D eigenvalue weighted by atomic mass is 32.2. The van der Waals surface area contributed by atoms with Crippen LogP contribution < -0.4 is 15.4 Å². The average Bonchev–Trinajstić information content (AvgIpc) is 3.28. The number of likely N-dealkylation sites (tertiary alicyclic amines) is 1. The highest BCUT2D eigenvalue weighted by Crippen LogP contribution is 2.31. The van der Waals surface area contributed by atoms with Crippen LogP contribution in [0.1, 0.15) is 25.5 Å². The molecule has 13 heteroatoms. The Kier molecular flexibility index (Phi) is 10.1. The minimum Gasteiger partial charge on any atom is -0.495 e. The van der Waals surface area contributed by atoms with Crippen LogP contribution in [0.3, 0.4) is 0 Å². The minimum atomic E-state index is -4.45. The van der Waals surface area contributed by atoms with Crippen molar-refractivity contribution in [3.8, 4) is 17.6 Å². The van der Waals surface area contributed by atoms with E-state index < -0.39 is 22.6 Å². The van der Waals surface area contributed by atoms with Crippen molar-refractivity contribution in [1.29, 1.82) is 0 Å². The molecule has 232 valence electrons. The number of fused-ring (bicyclic) bond motifs is 1. The van der Waals surface area contributed by atoms with Gasteiger partial charge >= 0.3 is 12.1 Å². The van der Waals surface area contributed by atoms with Crippen LogP contribution >= 0.6 is 0 Å². The van der Waals surface area contributed by atoms with Crippen LogP contribution in [0.25, 0.3) is 10.9 Å². The van der Waals surface area contributed by atoms with E-state index in [1.165, 1.54) is 30.7 Å². The molecule has 1 fully saturated rings. The Balaban J connectivity index is 1.50. The van der Waals surface area contributed by atoms with Gasteiger partial charge in [-0.2, -0.15) is 13.2 Å². The normalized spacial score (nSPS) is 14.7. The molecule has 9 nitrogen and oxygen atoms in total.